The highest BCUT2D eigenvalue weighted by Gasteiger charge is 2.31. The number of ether oxygens (including phenoxy) is 1. The average molecular weight is 394 g/mol. The molecule has 1 saturated heterocycles. The van der Waals surface area contributed by atoms with Gasteiger partial charge in [-0.25, -0.2) is 17.2 Å². The summed E-state index contributed by atoms with van der Waals surface area (Å²) in [5.41, 5.74) is 2.36. The van der Waals surface area contributed by atoms with Crippen LogP contribution in [-0.4, -0.2) is 50.4 Å². The molecule has 0 spiro atoms. The van der Waals surface area contributed by atoms with Crippen molar-refractivity contribution in [3.63, 3.8) is 0 Å². The van der Waals surface area contributed by atoms with Crippen molar-refractivity contribution >= 4 is 10.0 Å². The molecule has 2 aliphatic heterocycles. The zero-order valence-electron chi connectivity index (χ0n) is 14.7. The molecule has 0 aliphatic carbocycles. The molecule has 0 bridgehead atoms. The third kappa shape index (κ3) is 3.69. The highest BCUT2D eigenvalue weighted by Crippen LogP contribution is 2.27. The van der Waals surface area contributed by atoms with E-state index in [0.717, 1.165) is 42.5 Å². The first-order valence-corrected chi connectivity index (χ1v) is 10.3. The summed E-state index contributed by atoms with van der Waals surface area (Å²) in [4.78, 5) is 1.56. The van der Waals surface area contributed by atoms with Crippen molar-refractivity contribution < 1.29 is 21.9 Å². The second-order valence-electron chi connectivity index (χ2n) is 6.80. The number of rotatable bonds is 4. The summed E-state index contributed by atoms with van der Waals surface area (Å²) in [5.74, 6) is -0.764. The Kier molecular flexibility index (Phi) is 4.88. The Morgan fingerprint density at radius 3 is 2.56 bits per heavy atom. The maximum absolute atomic E-state index is 13.9. The van der Waals surface area contributed by atoms with E-state index in [1.165, 1.54) is 9.87 Å². The van der Waals surface area contributed by atoms with Crippen LogP contribution in [0.1, 0.15) is 11.1 Å². The lowest BCUT2D eigenvalue weighted by atomic mass is 10.1. The molecule has 0 atom stereocenters. The van der Waals surface area contributed by atoms with Crippen molar-refractivity contribution in [2.24, 2.45) is 0 Å². The van der Waals surface area contributed by atoms with E-state index in [1.54, 1.807) is 0 Å². The van der Waals surface area contributed by atoms with Gasteiger partial charge in [-0.15, -0.1) is 0 Å². The van der Waals surface area contributed by atoms with Gasteiger partial charge in [0, 0.05) is 39.1 Å². The van der Waals surface area contributed by atoms with Crippen LogP contribution in [0.2, 0.25) is 0 Å². The van der Waals surface area contributed by atoms with Crippen molar-refractivity contribution in [3.05, 3.63) is 59.2 Å². The number of benzene rings is 2. The van der Waals surface area contributed by atoms with E-state index in [2.05, 4.69) is 11.0 Å². The van der Waals surface area contributed by atoms with Crippen molar-refractivity contribution in [1.82, 2.24) is 9.21 Å². The smallest absolute Gasteiger partial charge is 0.246 e. The maximum Gasteiger partial charge on any atom is 0.246 e. The Balaban J connectivity index is 1.42. The van der Waals surface area contributed by atoms with Gasteiger partial charge in [0.25, 0.3) is 0 Å². The topological polar surface area (TPSA) is 49.9 Å². The Labute approximate surface area is 157 Å². The monoisotopic (exact) mass is 394 g/mol. The summed E-state index contributed by atoms with van der Waals surface area (Å²) in [7, 11) is -4.04. The van der Waals surface area contributed by atoms with Crippen LogP contribution in [0.5, 0.6) is 5.75 Å². The first-order valence-electron chi connectivity index (χ1n) is 8.86. The molecule has 2 aliphatic rings. The predicted molar refractivity (Wildman–Crippen MR) is 96.0 cm³/mol. The molecular weight excluding hydrogens is 374 g/mol. The first kappa shape index (κ1) is 18.3. The van der Waals surface area contributed by atoms with Crippen LogP contribution < -0.4 is 4.74 Å². The molecule has 5 nitrogen and oxygen atoms in total. The molecule has 0 unspecified atom stereocenters. The molecule has 27 heavy (non-hydrogen) atoms. The van der Waals surface area contributed by atoms with E-state index in [9.17, 15) is 17.2 Å². The number of piperazine rings is 1. The minimum atomic E-state index is -4.04. The lowest BCUT2D eigenvalue weighted by Crippen LogP contribution is -2.48. The van der Waals surface area contributed by atoms with Gasteiger partial charge in [-0.2, -0.15) is 4.31 Å². The summed E-state index contributed by atoms with van der Waals surface area (Å²) in [5, 5.41) is 0. The summed E-state index contributed by atoms with van der Waals surface area (Å²) in [6.45, 7) is 2.98. The van der Waals surface area contributed by atoms with E-state index in [4.69, 9.17) is 4.74 Å². The molecule has 0 N–H and O–H groups in total. The number of fused-ring (bicyclic) bond motifs is 1. The van der Waals surface area contributed by atoms with Crippen molar-refractivity contribution in [1.29, 1.82) is 0 Å². The van der Waals surface area contributed by atoms with Crippen LogP contribution >= 0.6 is 0 Å². The van der Waals surface area contributed by atoms with Crippen LogP contribution in [0.25, 0.3) is 0 Å². The lowest BCUT2D eigenvalue weighted by molar-refractivity contribution is 0.181. The second-order valence-corrected chi connectivity index (χ2v) is 8.70. The van der Waals surface area contributed by atoms with Gasteiger partial charge in [-0.3, -0.25) is 4.90 Å². The van der Waals surface area contributed by atoms with E-state index in [-0.39, 0.29) is 13.1 Å². The van der Waals surface area contributed by atoms with E-state index >= 15 is 0 Å². The van der Waals surface area contributed by atoms with Crippen LogP contribution in [-0.2, 0) is 23.0 Å². The summed E-state index contributed by atoms with van der Waals surface area (Å²) in [6.07, 6.45) is 0.911. The fourth-order valence-electron chi connectivity index (χ4n) is 3.54. The Bertz CT molecular complexity index is 957. The van der Waals surface area contributed by atoms with Gasteiger partial charge in [-0.05, 0) is 35.4 Å². The van der Waals surface area contributed by atoms with E-state index in [1.807, 2.05) is 12.1 Å². The molecule has 0 saturated carbocycles. The second kappa shape index (κ2) is 7.18. The number of hydrogen-bond acceptors (Lipinski definition) is 4. The largest absolute Gasteiger partial charge is 0.493 e. The highest BCUT2D eigenvalue weighted by atomic mass is 32.2. The zero-order chi connectivity index (χ0) is 19.0. The summed E-state index contributed by atoms with van der Waals surface area (Å²) >= 11 is 0. The van der Waals surface area contributed by atoms with Crippen molar-refractivity contribution in [2.75, 3.05) is 32.8 Å². The Morgan fingerprint density at radius 2 is 1.78 bits per heavy atom. The molecule has 0 amide bonds. The average Bonchev–Trinajstić information content (AvgIpc) is 3.12. The normalized spacial score (nSPS) is 18.3. The number of sulfonamides is 1. The number of nitrogens with zero attached hydrogens (tertiary/aromatic N) is 2. The molecule has 144 valence electrons. The molecule has 2 heterocycles. The molecule has 8 heteroatoms. The number of hydrogen-bond donors (Lipinski definition) is 0. The van der Waals surface area contributed by atoms with Gasteiger partial charge in [0.15, 0.2) is 0 Å². The van der Waals surface area contributed by atoms with Crippen molar-refractivity contribution in [3.8, 4) is 5.75 Å². The Hall–Kier alpha value is -2.03. The van der Waals surface area contributed by atoms with Crippen LogP contribution in [0, 0.1) is 11.6 Å². The minimum Gasteiger partial charge on any atom is -0.493 e. The molecule has 0 radical (unpaired) electrons. The zero-order valence-corrected chi connectivity index (χ0v) is 15.5. The molecule has 2 aromatic rings. The van der Waals surface area contributed by atoms with E-state index < -0.39 is 26.6 Å². The van der Waals surface area contributed by atoms with Gasteiger partial charge >= 0.3 is 0 Å². The highest BCUT2D eigenvalue weighted by molar-refractivity contribution is 7.89. The van der Waals surface area contributed by atoms with Gasteiger partial charge < -0.3 is 4.74 Å². The third-order valence-corrected chi connectivity index (χ3v) is 6.92. The van der Waals surface area contributed by atoms with Crippen molar-refractivity contribution in [2.45, 2.75) is 17.9 Å². The molecule has 4 rings (SSSR count). The van der Waals surface area contributed by atoms with Gasteiger partial charge in [0.1, 0.15) is 22.3 Å². The molecule has 2 aromatic carbocycles. The molecular formula is C19H20F2N2O3S. The fourth-order valence-corrected chi connectivity index (χ4v) is 5.04. The summed E-state index contributed by atoms with van der Waals surface area (Å²) < 4.78 is 59.3. The lowest BCUT2D eigenvalue weighted by Gasteiger charge is -2.34. The first-order chi connectivity index (χ1) is 12.9. The predicted octanol–water partition coefficient (Wildman–Crippen LogP) is 2.41. The standard InChI is InChI=1S/C19H20F2N2O3S/c20-16-2-3-17(21)19(12-16)27(24,25)23-8-6-22(7-9-23)13-14-1-4-18-15(11-14)5-10-26-18/h1-4,11-12H,5-10,13H2. The summed E-state index contributed by atoms with van der Waals surface area (Å²) in [6, 6.07) is 8.63. The van der Waals surface area contributed by atoms with Crippen LogP contribution in [0.4, 0.5) is 8.78 Å². The SMILES string of the molecule is O=S(=O)(c1cc(F)ccc1F)N1CCN(Cc2ccc3c(c2)CCO3)CC1. The van der Waals surface area contributed by atoms with E-state index in [0.29, 0.717) is 19.7 Å². The van der Waals surface area contributed by atoms with Gasteiger partial charge in [0.05, 0.1) is 6.61 Å². The van der Waals surface area contributed by atoms with Crippen LogP contribution in [0.15, 0.2) is 41.3 Å². The molecule has 0 aromatic heterocycles. The maximum atomic E-state index is 13.9. The fraction of sp³-hybridized carbons (Fsp3) is 0.368. The third-order valence-electron chi connectivity index (χ3n) is 5.00. The molecule has 1 fully saturated rings. The number of halogens is 2. The Morgan fingerprint density at radius 1 is 1.00 bits per heavy atom. The minimum absolute atomic E-state index is 0.242. The van der Waals surface area contributed by atoms with Gasteiger partial charge in [-0.1, -0.05) is 12.1 Å². The van der Waals surface area contributed by atoms with Crippen LogP contribution in [0.3, 0.4) is 0 Å². The quantitative estimate of drug-likeness (QED) is 0.799. The van der Waals surface area contributed by atoms with Gasteiger partial charge in [0.2, 0.25) is 10.0 Å².